The van der Waals surface area contributed by atoms with Crippen LogP contribution in [0.3, 0.4) is 0 Å². The summed E-state index contributed by atoms with van der Waals surface area (Å²) in [6, 6.07) is 5.86. The number of nitrogens with zero attached hydrogens (tertiary/aromatic N) is 1. The van der Waals surface area contributed by atoms with Gasteiger partial charge in [0.2, 0.25) is 0 Å². The molecular weight excluding hydrogens is 290 g/mol. The fraction of sp³-hybridized carbons (Fsp3) is 0.533. The highest BCUT2D eigenvalue weighted by molar-refractivity contribution is 9.10. The van der Waals surface area contributed by atoms with E-state index >= 15 is 0 Å². The van der Waals surface area contributed by atoms with Crippen LogP contribution in [-0.4, -0.2) is 23.9 Å². The molecule has 2 nitrogen and oxygen atoms in total. The van der Waals surface area contributed by atoms with Crippen LogP contribution in [0.2, 0.25) is 0 Å². The van der Waals surface area contributed by atoms with Crippen LogP contribution in [0.4, 0.5) is 0 Å². The average Bonchev–Trinajstić information content (AvgIpc) is 2.41. The molecule has 0 aromatic heterocycles. The number of likely N-dealkylation sites (tertiary alicyclic amines) is 1. The first kappa shape index (κ1) is 13.6. The Labute approximate surface area is 117 Å². The normalized spacial score (nSPS) is 19.9. The number of hydrogen-bond acceptors (Lipinski definition) is 1. The molecule has 0 spiro atoms. The number of hydrogen-bond donors (Lipinski definition) is 0. The van der Waals surface area contributed by atoms with Gasteiger partial charge in [0.15, 0.2) is 0 Å². The minimum Gasteiger partial charge on any atom is -0.338 e. The zero-order valence-corrected chi connectivity index (χ0v) is 12.7. The second kappa shape index (κ2) is 5.87. The highest BCUT2D eigenvalue weighted by Crippen LogP contribution is 2.23. The Morgan fingerprint density at radius 1 is 1.50 bits per heavy atom. The molecule has 1 aromatic carbocycles. The lowest BCUT2D eigenvalue weighted by atomic mass is 9.95. The molecule has 1 atom stereocenters. The number of amides is 1. The molecule has 1 unspecified atom stereocenters. The Hall–Kier alpha value is -0.830. The molecule has 0 saturated carbocycles. The lowest BCUT2D eigenvalue weighted by molar-refractivity contribution is 0.0671. The average molecular weight is 310 g/mol. The highest BCUT2D eigenvalue weighted by atomic mass is 79.9. The van der Waals surface area contributed by atoms with Crippen LogP contribution in [-0.2, 0) is 0 Å². The van der Waals surface area contributed by atoms with Crippen molar-refractivity contribution in [2.45, 2.75) is 33.1 Å². The Balaban J connectivity index is 2.12. The van der Waals surface area contributed by atoms with Crippen LogP contribution in [0.15, 0.2) is 22.7 Å². The maximum atomic E-state index is 12.4. The Morgan fingerprint density at radius 3 is 2.94 bits per heavy atom. The van der Waals surface area contributed by atoms with Gasteiger partial charge in [-0.2, -0.15) is 0 Å². The highest BCUT2D eigenvalue weighted by Gasteiger charge is 2.23. The van der Waals surface area contributed by atoms with Gasteiger partial charge in [0.25, 0.3) is 5.91 Å². The van der Waals surface area contributed by atoms with E-state index in [1.165, 1.54) is 12.8 Å². The van der Waals surface area contributed by atoms with Gasteiger partial charge in [0.1, 0.15) is 0 Å². The molecule has 1 aliphatic rings. The topological polar surface area (TPSA) is 20.3 Å². The quantitative estimate of drug-likeness (QED) is 0.808. The standard InChI is InChI=1S/C15H20BrNO/c1-3-12-5-4-8-17(10-12)15(18)13-7-6-11(2)14(16)9-13/h6-7,9,12H,3-5,8,10H2,1-2H3. The first-order valence-corrected chi connectivity index (χ1v) is 7.46. The van der Waals surface area contributed by atoms with Gasteiger partial charge < -0.3 is 4.90 Å². The van der Waals surface area contributed by atoms with Crippen molar-refractivity contribution in [3.63, 3.8) is 0 Å². The van der Waals surface area contributed by atoms with E-state index in [9.17, 15) is 4.79 Å². The van der Waals surface area contributed by atoms with Gasteiger partial charge >= 0.3 is 0 Å². The van der Waals surface area contributed by atoms with E-state index in [4.69, 9.17) is 0 Å². The third-order valence-electron chi connectivity index (χ3n) is 3.80. The van der Waals surface area contributed by atoms with Gasteiger partial charge in [-0.05, 0) is 43.4 Å². The van der Waals surface area contributed by atoms with Crippen LogP contribution in [0, 0.1) is 12.8 Å². The number of aryl methyl sites for hydroxylation is 1. The number of benzene rings is 1. The molecule has 1 saturated heterocycles. The number of rotatable bonds is 2. The summed E-state index contributed by atoms with van der Waals surface area (Å²) in [4.78, 5) is 14.4. The molecule has 0 radical (unpaired) electrons. The van der Waals surface area contributed by atoms with Crippen molar-refractivity contribution in [2.75, 3.05) is 13.1 Å². The molecule has 0 bridgehead atoms. The second-order valence-corrected chi connectivity index (χ2v) is 5.99. The van der Waals surface area contributed by atoms with E-state index in [0.29, 0.717) is 5.92 Å². The summed E-state index contributed by atoms with van der Waals surface area (Å²) in [7, 11) is 0. The summed E-state index contributed by atoms with van der Waals surface area (Å²) < 4.78 is 1.01. The van der Waals surface area contributed by atoms with Gasteiger partial charge in [-0.1, -0.05) is 35.3 Å². The Kier molecular flexibility index (Phi) is 4.44. The zero-order chi connectivity index (χ0) is 13.1. The molecule has 1 aromatic rings. The summed E-state index contributed by atoms with van der Waals surface area (Å²) in [6.45, 7) is 6.06. The van der Waals surface area contributed by atoms with E-state index in [-0.39, 0.29) is 5.91 Å². The number of piperidine rings is 1. The summed E-state index contributed by atoms with van der Waals surface area (Å²) in [6.07, 6.45) is 3.57. The van der Waals surface area contributed by atoms with E-state index in [0.717, 1.165) is 35.1 Å². The summed E-state index contributed by atoms with van der Waals surface area (Å²) >= 11 is 3.49. The van der Waals surface area contributed by atoms with Crippen molar-refractivity contribution in [3.8, 4) is 0 Å². The minimum absolute atomic E-state index is 0.175. The zero-order valence-electron chi connectivity index (χ0n) is 11.1. The van der Waals surface area contributed by atoms with Crippen LogP contribution < -0.4 is 0 Å². The van der Waals surface area contributed by atoms with Gasteiger partial charge in [0.05, 0.1) is 0 Å². The third kappa shape index (κ3) is 2.94. The van der Waals surface area contributed by atoms with Crippen LogP contribution in [0.5, 0.6) is 0 Å². The molecule has 1 aliphatic heterocycles. The summed E-state index contributed by atoms with van der Waals surface area (Å²) in [5, 5.41) is 0. The maximum absolute atomic E-state index is 12.4. The van der Waals surface area contributed by atoms with E-state index < -0.39 is 0 Å². The first-order valence-electron chi connectivity index (χ1n) is 6.67. The smallest absolute Gasteiger partial charge is 0.253 e. The SMILES string of the molecule is CCC1CCCN(C(=O)c2ccc(C)c(Br)c2)C1. The van der Waals surface area contributed by atoms with Gasteiger partial charge in [-0.3, -0.25) is 4.79 Å². The first-order chi connectivity index (χ1) is 8.61. The summed E-state index contributed by atoms with van der Waals surface area (Å²) in [5.41, 5.74) is 1.96. The summed E-state index contributed by atoms with van der Waals surface area (Å²) in [5.74, 6) is 0.852. The van der Waals surface area contributed by atoms with Crippen molar-refractivity contribution >= 4 is 21.8 Å². The van der Waals surface area contributed by atoms with E-state index in [1.54, 1.807) is 0 Å². The molecule has 0 N–H and O–H groups in total. The van der Waals surface area contributed by atoms with Crippen LogP contribution >= 0.6 is 15.9 Å². The molecule has 98 valence electrons. The van der Waals surface area contributed by atoms with E-state index in [1.807, 2.05) is 30.0 Å². The monoisotopic (exact) mass is 309 g/mol. The maximum Gasteiger partial charge on any atom is 0.253 e. The van der Waals surface area contributed by atoms with Gasteiger partial charge in [-0.15, -0.1) is 0 Å². The van der Waals surface area contributed by atoms with Crippen molar-refractivity contribution in [1.29, 1.82) is 0 Å². The van der Waals surface area contributed by atoms with Crippen molar-refractivity contribution in [3.05, 3.63) is 33.8 Å². The number of carbonyl (C=O) groups is 1. The Morgan fingerprint density at radius 2 is 2.28 bits per heavy atom. The number of carbonyl (C=O) groups excluding carboxylic acids is 1. The largest absolute Gasteiger partial charge is 0.338 e. The van der Waals surface area contributed by atoms with Gasteiger partial charge in [0, 0.05) is 23.1 Å². The Bertz CT molecular complexity index is 444. The molecule has 0 aliphatic carbocycles. The third-order valence-corrected chi connectivity index (χ3v) is 4.66. The molecule has 1 heterocycles. The minimum atomic E-state index is 0.175. The second-order valence-electron chi connectivity index (χ2n) is 5.13. The molecule has 1 amide bonds. The fourth-order valence-corrected chi connectivity index (χ4v) is 2.87. The van der Waals surface area contributed by atoms with E-state index in [2.05, 4.69) is 22.9 Å². The predicted molar refractivity (Wildman–Crippen MR) is 77.8 cm³/mol. The number of halogens is 1. The van der Waals surface area contributed by atoms with Crippen LogP contribution in [0.25, 0.3) is 0 Å². The van der Waals surface area contributed by atoms with Gasteiger partial charge in [-0.25, -0.2) is 0 Å². The fourth-order valence-electron chi connectivity index (χ4n) is 2.49. The predicted octanol–water partition coefficient (Wildman–Crippen LogP) is 4.02. The molecule has 18 heavy (non-hydrogen) atoms. The van der Waals surface area contributed by atoms with Crippen molar-refractivity contribution < 1.29 is 4.79 Å². The molecule has 2 rings (SSSR count). The van der Waals surface area contributed by atoms with Crippen LogP contribution in [0.1, 0.15) is 42.1 Å². The molecule has 3 heteroatoms. The lowest BCUT2D eigenvalue weighted by Gasteiger charge is -2.32. The lowest BCUT2D eigenvalue weighted by Crippen LogP contribution is -2.39. The van der Waals surface area contributed by atoms with Crippen molar-refractivity contribution in [1.82, 2.24) is 4.90 Å². The molecular formula is C15H20BrNO. The molecule has 1 fully saturated rings. The van der Waals surface area contributed by atoms with Crippen molar-refractivity contribution in [2.24, 2.45) is 5.92 Å².